The zero-order valence-corrected chi connectivity index (χ0v) is 15.6. The number of nitrogens with one attached hydrogen (secondary N) is 2. The summed E-state index contributed by atoms with van der Waals surface area (Å²) in [5, 5.41) is 6.84. The number of aliphatic imine (C=N–C) groups is 1. The third-order valence-electron chi connectivity index (χ3n) is 4.90. The molecule has 2 fully saturated rings. The minimum atomic E-state index is 0.408. The molecule has 1 heterocycles. The Morgan fingerprint density at radius 1 is 1.21 bits per heavy atom. The number of hydrogen-bond acceptors (Lipinski definition) is 4. The summed E-state index contributed by atoms with van der Waals surface area (Å²) in [5.41, 5.74) is 0.408. The van der Waals surface area contributed by atoms with Crippen molar-refractivity contribution in [2.24, 2.45) is 10.4 Å². The summed E-state index contributed by atoms with van der Waals surface area (Å²) < 4.78 is 10.9. The van der Waals surface area contributed by atoms with Gasteiger partial charge in [-0.1, -0.05) is 0 Å². The van der Waals surface area contributed by atoms with Gasteiger partial charge in [0.05, 0.1) is 13.2 Å². The number of rotatable bonds is 11. The van der Waals surface area contributed by atoms with E-state index in [1.165, 1.54) is 12.8 Å². The van der Waals surface area contributed by atoms with Gasteiger partial charge in [-0.15, -0.1) is 0 Å². The van der Waals surface area contributed by atoms with Crippen LogP contribution in [0.2, 0.25) is 0 Å². The van der Waals surface area contributed by atoms with Gasteiger partial charge in [-0.3, -0.25) is 9.89 Å². The van der Waals surface area contributed by atoms with E-state index in [0.717, 1.165) is 84.5 Å². The maximum atomic E-state index is 5.51. The molecule has 1 saturated carbocycles. The number of hydrogen-bond donors (Lipinski definition) is 2. The highest BCUT2D eigenvalue weighted by molar-refractivity contribution is 5.79. The first-order valence-corrected chi connectivity index (χ1v) is 9.68. The fourth-order valence-corrected chi connectivity index (χ4v) is 3.02. The van der Waals surface area contributed by atoms with Crippen molar-refractivity contribution in [1.82, 2.24) is 15.5 Å². The highest BCUT2D eigenvalue weighted by atomic mass is 16.5. The van der Waals surface area contributed by atoms with Gasteiger partial charge in [0.2, 0.25) is 0 Å². The second kappa shape index (κ2) is 10.9. The summed E-state index contributed by atoms with van der Waals surface area (Å²) in [6.45, 7) is 13.7. The molecular weight excluding hydrogens is 304 g/mol. The zero-order chi connectivity index (χ0) is 17.1. The van der Waals surface area contributed by atoms with Crippen molar-refractivity contribution < 1.29 is 9.47 Å². The highest BCUT2D eigenvalue weighted by Gasteiger charge is 2.41. The molecule has 0 amide bonds. The first-order valence-electron chi connectivity index (χ1n) is 9.68. The molecule has 24 heavy (non-hydrogen) atoms. The largest absolute Gasteiger partial charge is 0.382 e. The number of ether oxygens (including phenoxy) is 2. The van der Waals surface area contributed by atoms with Gasteiger partial charge < -0.3 is 20.1 Å². The molecule has 6 heteroatoms. The minimum absolute atomic E-state index is 0.408. The molecule has 1 aliphatic heterocycles. The van der Waals surface area contributed by atoms with Crippen LogP contribution in [0.4, 0.5) is 0 Å². The molecule has 0 bridgehead atoms. The van der Waals surface area contributed by atoms with Crippen molar-refractivity contribution in [3.05, 3.63) is 0 Å². The SMILES string of the molecule is CCNC(=NCC1(CCOCC)CC1)NCCCN1CCOCC1. The van der Waals surface area contributed by atoms with Gasteiger partial charge in [-0.25, -0.2) is 0 Å². The fourth-order valence-electron chi connectivity index (χ4n) is 3.02. The predicted molar refractivity (Wildman–Crippen MR) is 98.6 cm³/mol. The number of morpholine rings is 1. The van der Waals surface area contributed by atoms with Gasteiger partial charge >= 0.3 is 0 Å². The lowest BCUT2D eigenvalue weighted by atomic mass is 10.0. The predicted octanol–water partition coefficient (Wildman–Crippen LogP) is 1.47. The lowest BCUT2D eigenvalue weighted by molar-refractivity contribution is 0.0376. The van der Waals surface area contributed by atoms with Crippen LogP contribution in [0.3, 0.4) is 0 Å². The minimum Gasteiger partial charge on any atom is -0.382 e. The van der Waals surface area contributed by atoms with Crippen molar-refractivity contribution in [3.8, 4) is 0 Å². The van der Waals surface area contributed by atoms with Crippen LogP contribution in [-0.2, 0) is 9.47 Å². The van der Waals surface area contributed by atoms with Crippen molar-refractivity contribution in [2.45, 2.75) is 39.5 Å². The van der Waals surface area contributed by atoms with Gasteiger partial charge in [0.15, 0.2) is 5.96 Å². The molecule has 0 aromatic heterocycles. The van der Waals surface area contributed by atoms with Crippen LogP contribution in [0.1, 0.15) is 39.5 Å². The van der Waals surface area contributed by atoms with Crippen LogP contribution in [0.5, 0.6) is 0 Å². The van der Waals surface area contributed by atoms with Crippen LogP contribution in [-0.4, -0.2) is 76.6 Å². The van der Waals surface area contributed by atoms with E-state index in [1.54, 1.807) is 0 Å². The highest BCUT2D eigenvalue weighted by Crippen LogP contribution is 2.48. The van der Waals surface area contributed by atoms with Crippen molar-refractivity contribution >= 4 is 5.96 Å². The molecule has 1 saturated heterocycles. The third-order valence-corrected chi connectivity index (χ3v) is 4.90. The standard InChI is InChI=1S/C18H36N4O2/c1-3-19-17(20-9-5-10-22-11-14-24-15-12-22)21-16-18(6-7-18)8-13-23-4-2/h3-16H2,1-2H3,(H2,19,20,21). The van der Waals surface area contributed by atoms with Crippen molar-refractivity contribution in [1.29, 1.82) is 0 Å². The fraction of sp³-hybridized carbons (Fsp3) is 0.944. The Balaban J connectivity index is 1.64. The lowest BCUT2D eigenvalue weighted by Gasteiger charge is -2.26. The molecule has 140 valence electrons. The van der Waals surface area contributed by atoms with E-state index in [0.29, 0.717) is 5.41 Å². The summed E-state index contributed by atoms with van der Waals surface area (Å²) >= 11 is 0. The van der Waals surface area contributed by atoms with Crippen molar-refractivity contribution in [3.63, 3.8) is 0 Å². The Morgan fingerprint density at radius 3 is 2.67 bits per heavy atom. The Labute approximate surface area is 147 Å². The van der Waals surface area contributed by atoms with Crippen LogP contribution >= 0.6 is 0 Å². The molecule has 2 rings (SSSR count). The summed E-state index contributed by atoms with van der Waals surface area (Å²) in [5.74, 6) is 0.960. The van der Waals surface area contributed by atoms with E-state index in [4.69, 9.17) is 14.5 Å². The maximum absolute atomic E-state index is 5.51. The van der Waals surface area contributed by atoms with Crippen LogP contribution in [0, 0.1) is 5.41 Å². The van der Waals surface area contributed by atoms with Crippen LogP contribution < -0.4 is 10.6 Å². The maximum Gasteiger partial charge on any atom is 0.191 e. The number of nitrogens with zero attached hydrogens (tertiary/aromatic N) is 2. The summed E-state index contributed by atoms with van der Waals surface area (Å²) in [6.07, 6.45) is 4.86. The van der Waals surface area contributed by atoms with E-state index >= 15 is 0 Å². The van der Waals surface area contributed by atoms with Gasteiger partial charge in [0.1, 0.15) is 0 Å². The Kier molecular flexibility index (Phi) is 8.84. The number of guanidine groups is 1. The molecule has 0 unspecified atom stereocenters. The van der Waals surface area contributed by atoms with E-state index in [2.05, 4.69) is 29.4 Å². The Morgan fingerprint density at radius 2 is 2.00 bits per heavy atom. The summed E-state index contributed by atoms with van der Waals surface area (Å²) in [6, 6.07) is 0. The molecule has 2 aliphatic rings. The lowest BCUT2D eigenvalue weighted by Crippen LogP contribution is -2.41. The first kappa shape index (κ1) is 19.5. The molecule has 0 aromatic rings. The molecule has 1 aliphatic carbocycles. The topological polar surface area (TPSA) is 58.1 Å². The quantitative estimate of drug-likeness (QED) is 0.339. The Hall–Kier alpha value is -0.850. The first-order chi connectivity index (χ1) is 11.8. The van der Waals surface area contributed by atoms with E-state index in [1.807, 2.05) is 0 Å². The smallest absolute Gasteiger partial charge is 0.191 e. The third kappa shape index (κ3) is 7.36. The average Bonchev–Trinajstić information content (AvgIpc) is 3.38. The molecule has 0 aromatic carbocycles. The molecule has 0 radical (unpaired) electrons. The van der Waals surface area contributed by atoms with E-state index in [-0.39, 0.29) is 0 Å². The summed E-state index contributed by atoms with van der Waals surface area (Å²) in [4.78, 5) is 7.29. The summed E-state index contributed by atoms with van der Waals surface area (Å²) in [7, 11) is 0. The van der Waals surface area contributed by atoms with Crippen molar-refractivity contribution in [2.75, 3.05) is 65.7 Å². The molecule has 2 N–H and O–H groups in total. The second-order valence-electron chi connectivity index (χ2n) is 6.88. The van der Waals surface area contributed by atoms with Gasteiger partial charge in [0.25, 0.3) is 0 Å². The second-order valence-corrected chi connectivity index (χ2v) is 6.88. The molecular formula is C18H36N4O2. The molecule has 6 nitrogen and oxygen atoms in total. The van der Waals surface area contributed by atoms with E-state index in [9.17, 15) is 0 Å². The normalized spacial score (nSPS) is 20.8. The van der Waals surface area contributed by atoms with Gasteiger partial charge in [-0.2, -0.15) is 0 Å². The van der Waals surface area contributed by atoms with Gasteiger partial charge in [-0.05, 0) is 51.5 Å². The zero-order valence-electron chi connectivity index (χ0n) is 15.6. The van der Waals surface area contributed by atoms with Crippen LogP contribution in [0.15, 0.2) is 4.99 Å². The van der Waals surface area contributed by atoms with Crippen LogP contribution in [0.25, 0.3) is 0 Å². The van der Waals surface area contributed by atoms with E-state index < -0.39 is 0 Å². The molecule has 0 atom stereocenters. The van der Waals surface area contributed by atoms with Gasteiger partial charge in [0, 0.05) is 45.9 Å². The average molecular weight is 341 g/mol. The monoisotopic (exact) mass is 340 g/mol. The Bertz CT molecular complexity index is 366. The molecule has 0 spiro atoms.